The predicted octanol–water partition coefficient (Wildman–Crippen LogP) is 3.97. The van der Waals surface area contributed by atoms with Crippen molar-refractivity contribution in [1.29, 1.82) is 0 Å². The summed E-state index contributed by atoms with van der Waals surface area (Å²) in [7, 11) is 1.57. The van der Waals surface area contributed by atoms with E-state index in [1.807, 2.05) is 30.3 Å². The molecule has 2 aromatic carbocycles. The highest BCUT2D eigenvalue weighted by Crippen LogP contribution is 2.35. The molecular weight excluding hydrogens is 354 g/mol. The van der Waals surface area contributed by atoms with Gasteiger partial charge in [-0.15, -0.1) is 11.3 Å². The first-order chi connectivity index (χ1) is 12.7. The van der Waals surface area contributed by atoms with Crippen LogP contribution in [0.3, 0.4) is 0 Å². The van der Waals surface area contributed by atoms with Crippen LogP contribution < -0.4 is 14.2 Å². The zero-order valence-electron chi connectivity index (χ0n) is 14.0. The number of rotatable bonds is 8. The first kappa shape index (κ1) is 17.8. The highest BCUT2D eigenvalue weighted by molar-refractivity contribution is 7.13. The Bertz CT molecular complexity index is 879. The highest BCUT2D eigenvalue weighted by atomic mass is 32.1. The monoisotopic (exact) mass is 371 g/mol. The van der Waals surface area contributed by atoms with E-state index in [2.05, 4.69) is 4.98 Å². The zero-order valence-corrected chi connectivity index (χ0v) is 14.9. The van der Waals surface area contributed by atoms with Gasteiger partial charge in [0.05, 0.1) is 12.7 Å². The molecule has 1 N–H and O–H groups in total. The van der Waals surface area contributed by atoms with E-state index in [1.54, 1.807) is 25.3 Å². The van der Waals surface area contributed by atoms with Gasteiger partial charge in [0.25, 0.3) is 0 Å². The van der Waals surface area contributed by atoms with Gasteiger partial charge in [0, 0.05) is 11.4 Å². The number of aromatic carboxylic acids is 1. The minimum atomic E-state index is -1.06. The average Bonchev–Trinajstić information content (AvgIpc) is 3.16. The number of hydrogen-bond acceptors (Lipinski definition) is 6. The number of benzene rings is 2. The second kappa shape index (κ2) is 8.35. The summed E-state index contributed by atoms with van der Waals surface area (Å²) >= 11 is 1.25. The van der Waals surface area contributed by atoms with Crippen LogP contribution in [0.1, 0.15) is 10.5 Å². The maximum atomic E-state index is 11.1. The SMILES string of the molecule is COc1ccc(-c2nc(C(=O)O)cs2)c(OCCOc2ccccc2)c1. The minimum absolute atomic E-state index is 0.0131. The first-order valence-electron chi connectivity index (χ1n) is 7.85. The van der Waals surface area contributed by atoms with Crippen molar-refractivity contribution in [2.45, 2.75) is 0 Å². The molecule has 3 aromatic rings. The molecule has 0 amide bonds. The summed E-state index contributed by atoms with van der Waals surface area (Å²) < 4.78 is 16.7. The molecule has 0 saturated carbocycles. The van der Waals surface area contributed by atoms with Crippen molar-refractivity contribution >= 4 is 17.3 Å². The lowest BCUT2D eigenvalue weighted by Gasteiger charge is -2.12. The molecule has 1 aromatic heterocycles. The summed E-state index contributed by atoms with van der Waals surface area (Å²) in [5.41, 5.74) is 0.724. The second-order valence-electron chi connectivity index (χ2n) is 5.22. The molecule has 0 aliphatic rings. The lowest BCUT2D eigenvalue weighted by atomic mass is 10.2. The second-order valence-corrected chi connectivity index (χ2v) is 6.07. The Morgan fingerprint density at radius 2 is 1.85 bits per heavy atom. The van der Waals surface area contributed by atoms with E-state index >= 15 is 0 Å². The third-order valence-corrected chi connectivity index (χ3v) is 4.37. The smallest absolute Gasteiger partial charge is 0.355 e. The average molecular weight is 371 g/mol. The van der Waals surface area contributed by atoms with E-state index in [-0.39, 0.29) is 5.69 Å². The van der Waals surface area contributed by atoms with Gasteiger partial charge in [0.2, 0.25) is 0 Å². The number of carboxylic acid groups (broad SMARTS) is 1. The fourth-order valence-electron chi connectivity index (χ4n) is 2.25. The summed E-state index contributed by atoms with van der Waals surface area (Å²) in [5, 5.41) is 11.1. The molecule has 0 aliphatic heterocycles. The van der Waals surface area contributed by atoms with Gasteiger partial charge in [0.1, 0.15) is 35.5 Å². The number of aromatic nitrogens is 1. The Morgan fingerprint density at radius 3 is 2.54 bits per heavy atom. The van der Waals surface area contributed by atoms with Crippen molar-refractivity contribution in [1.82, 2.24) is 4.98 Å². The van der Waals surface area contributed by atoms with Crippen LogP contribution in [0.5, 0.6) is 17.2 Å². The topological polar surface area (TPSA) is 77.9 Å². The summed E-state index contributed by atoms with van der Waals surface area (Å²) in [6, 6.07) is 14.8. The number of methoxy groups -OCH3 is 1. The van der Waals surface area contributed by atoms with Gasteiger partial charge in [-0.3, -0.25) is 0 Å². The molecule has 0 fully saturated rings. The number of carboxylic acids is 1. The Morgan fingerprint density at radius 1 is 1.08 bits per heavy atom. The van der Waals surface area contributed by atoms with Gasteiger partial charge in [-0.25, -0.2) is 9.78 Å². The van der Waals surface area contributed by atoms with Crippen LogP contribution in [-0.4, -0.2) is 36.4 Å². The van der Waals surface area contributed by atoms with Crippen LogP contribution in [0.4, 0.5) is 0 Å². The number of thiazole rings is 1. The molecule has 0 radical (unpaired) electrons. The van der Waals surface area contributed by atoms with Crippen LogP contribution in [0.25, 0.3) is 10.6 Å². The normalized spacial score (nSPS) is 10.3. The van der Waals surface area contributed by atoms with Gasteiger partial charge in [-0.05, 0) is 24.3 Å². The van der Waals surface area contributed by atoms with E-state index in [4.69, 9.17) is 19.3 Å². The molecule has 3 rings (SSSR count). The largest absolute Gasteiger partial charge is 0.497 e. The van der Waals surface area contributed by atoms with E-state index in [0.29, 0.717) is 35.3 Å². The zero-order chi connectivity index (χ0) is 18.4. The third kappa shape index (κ3) is 4.31. The molecule has 1 heterocycles. The molecule has 0 atom stereocenters. The molecule has 0 bridgehead atoms. The van der Waals surface area contributed by atoms with E-state index < -0.39 is 5.97 Å². The van der Waals surface area contributed by atoms with Gasteiger partial charge < -0.3 is 19.3 Å². The maximum absolute atomic E-state index is 11.1. The molecule has 0 aliphatic carbocycles. The third-order valence-electron chi connectivity index (χ3n) is 3.50. The summed E-state index contributed by atoms with van der Waals surface area (Å²) in [4.78, 5) is 15.2. The number of ether oxygens (including phenoxy) is 3. The van der Waals surface area contributed by atoms with Crippen LogP contribution in [0.15, 0.2) is 53.9 Å². The quantitative estimate of drug-likeness (QED) is 0.604. The number of nitrogens with zero attached hydrogens (tertiary/aromatic N) is 1. The fraction of sp³-hybridized carbons (Fsp3) is 0.158. The molecule has 6 nitrogen and oxygen atoms in total. The van der Waals surface area contributed by atoms with Crippen molar-refractivity contribution in [2.75, 3.05) is 20.3 Å². The lowest BCUT2D eigenvalue weighted by Crippen LogP contribution is -2.09. The molecule has 134 valence electrons. The molecular formula is C19H17NO5S. The molecule has 7 heteroatoms. The number of carbonyl (C=O) groups is 1. The maximum Gasteiger partial charge on any atom is 0.355 e. The predicted molar refractivity (Wildman–Crippen MR) is 98.5 cm³/mol. The Balaban J connectivity index is 1.72. The van der Waals surface area contributed by atoms with Gasteiger partial charge >= 0.3 is 5.97 Å². The van der Waals surface area contributed by atoms with Gasteiger partial charge in [-0.1, -0.05) is 18.2 Å². The number of hydrogen-bond donors (Lipinski definition) is 1. The molecule has 0 spiro atoms. The van der Waals surface area contributed by atoms with Gasteiger partial charge in [-0.2, -0.15) is 0 Å². The van der Waals surface area contributed by atoms with E-state index in [1.165, 1.54) is 16.7 Å². The highest BCUT2D eigenvalue weighted by Gasteiger charge is 2.15. The van der Waals surface area contributed by atoms with Crippen molar-refractivity contribution in [2.24, 2.45) is 0 Å². The Kier molecular flexibility index (Phi) is 5.70. The van der Waals surface area contributed by atoms with Crippen LogP contribution in [0.2, 0.25) is 0 Å². The summed E-state index contributed by atoms with van der Waals surface area (Å²) in [6.45, 7) is 0.700. The van der Waals surface area contributed by atoms with Crippen molar-refractivity contribution in [3.63, 3.8) is 0 Å². The fourth-order valence-corrected chi connectivity index (χ4v) is 3.07. The lowest BCUT2D eigenvalue weighted by molar-refractivity contribution is 0.0691. The molecule has 26 heavy (non-hydrogen) atoms. The molecule has 0 saturated heterocycles. The van der Waals surface area contributed by atoms with Crippen LogP contribution >= 0.6 is 11.3 Å². The number of para-hydroxylation sites is 1. The van der Waals surface area contributed by atoms with Gasteiger partial charge in [0.15, 0.2) is 5.69 Å². The standard InChI is InChI=1S/C19H17NO5S/c1-23-14-7-8-15(18-20-16(12-26-18)19(21)22)17(11-14)25-10-9-24-13-5-3-2-4-6-13/h2-8,11-12H,9-10H2,1H3,(H,21,22). The Hall–Kier alpha value is -3.06. The summed E-state index contributed by atoms with van der Waals surface area (Å²) in [5.74, 6) is 0.919. The minimum Gasteiger partial charge on any atom is -0.497 e. The van der Waals surface area contributed by atoms with Crippen molar-refractivity contribution < 1.29 is 24.1 Å². The van der Waals surface area contributed by atoms with E-state index in [9.17, 15) is 4.79 Å². The van der Waals surface area contributed by atoms with Crippen LogP contribution in [0, 0.1) is 0 Å². The Labute approximate surface area is 154 Å². The van der Waals surface area contributed by atoms with Crippen LogP contribution in [-0.2, 0) is 0 Å². The van der Waals surface area contributed by atoms with Crippen molar-refractivity contribution in [3.05, 3.63) is 59.6 Å². The first-order valence-corrected chi connectivity index (χ1v) is 8.73. The summed E-state index contributed by atoms with van der Waals surface area (Å²) in [6.07, 6.45) is 0. The van der Waals surface area contributed by atoms with E-state index in [0.717, 1.165) is 5.75 Å². The van der Waals surface area contributed by atoms with Crippen molar-refractivity contribution in [3.8, 4) is 27.8 Å². The molecule has 0 unspecified atom stereocenters.